The van der Waals surface area contributed by atoms with Crippen molar-refractivity contribution in [2.75, 3.05) is 31.5 Å². The third-order valence-corrected chi connectivity index (χ3v) is 8.21. The number of hydrogen-bond acceptors (Lipinski definition) is 5. The maximum Gasteiger partial charge on any atom is 0.281 e. The Labute approximate surface area is 170 Å². The van der Waals surface area contributed by atoms with Crippen LogP contribution >= 0.6 is 0 Å². The molecule has 1 aromatic heterocycles. The van der Waals surface area contributed by atoms with Crippen molar-refractivity contribution in [2.45, 2.75) is 71.8 Å². The summed E-state index contributed by atoms with van der Waals surface area (Å²) in [5, 5.41) is 3.57. The van der Waals surface area contributed by atoms with Gasteiger partial charge in [-0.15, -0.1) is 0 Å². The first-order chi connectivity index (χ1) is 13.4. The first kappa shape index (κ1) is 21.5. The lowest BCUT2D eigenvalue weighted by atomic mass is 9.93. The van der Waals surface area contributed by atoms with Crippen LogP contribution in [0.25, 0.3) is 0 Å². The third kappa shape index (κ3) is 5.21. The Morgan fingerprint density at radius 2 is 1.75 bits per heavy atom. The summed E-state index contributed by atoms with van der Waals surface area (Å²) in [7, 11) is -3.32. The quantitative estimate of drug-likeness (QED) is 0.714. The molecule has 1 aliphatic heterocycles. The van der Waals surface area contributed by atoms with Gasteiger partial charge in [0.1, 0.15) is 11.6 Å². The van der Waals surface area contributed by atoms with E-state index in [2.05, 4.69) is 21.4 Å². The molecule has 0 spiro atoms. The minimum absolute atomic E-state index is 0.469. The lowest BCUT2D eigenvalue weighted by Gasteiger charge is -2.34. The molecule has 8 heteroatoms. The molecule has 28 heavy (non-hydrogen) atoms. The normalized spacial score (nSPS) is 20.1. The number of aromatic nitrogens is 2. The summed E-state index contributed by atoms with van der Waals surface area (Å²) in [5.74, 6) is 2.22. The fourth-order valence-corrected chi connectivity index (χ4v) is 6.09. The van der Waals surface area contributed by atoms with Crippen LogP contribution in [0.15, 0.2) is 6.07 Å². The van der Waals surface area contributed by atoms with Crippen molar-refractivity contribution in [3.63, 3.8) is 0 Å². The minimum Gasteiger partial charge on any atom is -0.367 e. The van der Waals surface area contributed by atoms with E-state index in [1.54, 1.807) is 8.61 Å². The first-order valence-electron chi connectivity index (χ1n) is 10.8. The summed E-state index contributed by atoms with van der Waals surface area (Å²) >= 11 is 0. The lowest BCUT2D eigenvalue weighted by molar-refractivity contribution is 0.254. The molecule has 1 aliphatic carbocycles. The largest absolute Gasteiger partial charge is 0.367 e. The van der Waals surface area contributed by atoms with Crippen LogP contribution in [0, 0.1) is 12.8 Å². The summed E-state index contributed by atoms with van der Waals surface area (Å²) in [6.07, 6.45) is 7.69. The maximum absolute atomic E-state index is 12.7. The standard InChI is InChI=1S/C20H35N5O2S/c1-4-24(5-2)28(26,27)25-12-10-17(11-13-25)14-19-15-20(22-16(3)21-19)23-18-8-6-7-9-18/h15,17-18H,4-14H2,1-3H3,(H,21,22,23). The van der Waals surface area contributed by atoms with Crippen LogP contribution in [-0.4, -0.2) is 59.2 Å². The van der Waals surface area contributed by atoms with E-state index < -0.39 is 10.2 Å². The summed E-state index contributed by atoms with van der Waals surface area (Å²) in [6.45, 7) is 7.97. The molecule has 2 aliphatic rings. The summed E-state index contributed by atoms with van der Waals surface area (Å²) in [5.41, 5.74) is 1.07. The number of nitrogens with zero attached hydrogens (tertiary/aromatic N) is 4. The molecule has 3 rings (SSSR count). The van der Waals surface area contributed by atoms with Crippen LogP contribution in [0.4, 0.5) is 5.82 Å². The molecule has 2 fully saturated rings. The van der Waals surface area contributed by atoms with Crippen molar-refractivity contribution in [3.05, 3.63) is 17.6 Å². The highest BCUT2D eigenvalue weighted by Crippen LogP contribution is 2.26. The highest BCUT2D eigenvalue weighted by molar-refractivity contribution is 7.86. The van der Waals surface area contributed by atoms with Crippen LogP contribution in [0.2, 0.25) is 0 Å². The number of nitrogens with one attached hydrogen (secondary N) is 1. The Bertz CT molecular complexity index is 737. The smallest absolute Gasteiger partial charge is 0.281 e. The van der Waals surface area contributed by atoms with Crippen LogP contribution in [0.5, 0.6) is 0 Å². The van der Waals surface area contributed by atoms with E-state index in [1.807, 2.05) is 20.8 Å². The molecule has 0 atom stereocenters. The monoisotopic (exact) mass is 409 g/mol. The van der Waals surface area contributed by atoms with Gasteiger partial charge in [0.05, 0.1) is 0 Å². The number of aryl methyl sites for hydroxylation is 1. The van der Waals surface area contributed by atoms with E-state index in [0.29, 0.717) is 38.1 Å². The van der Waals surface area contributed by atoms with Crippen LogP contribution in [0.1, 0.15) is 63.9 Å². The molecule has 1 saturated heterocycles. The van der Waals surface area contributed by atoms with E-state index in [0.717, 1.165) is 36.6 Å². The molecule has 0 unspecified atom stereocenters. The Hall–Kier alpha value is -1.25. The molecular formula is C20H35N5O2S. The topological polar surface area (TPSA) is 78.4 Å². The second-order valence-electron chi connectivity index (χ2n) is 8.06. The maximum atomic E-state index is 12.7. The van der Waals surface area contributed by atoms with Crippen LogP contribution in [0.3, 0.4) is 0 Å². The zero-order valence-corrected chi connectivity index (χ0v) is 18.3. The van der Waals surface area contributed by atoms with Gasteiger partial charge in [0.15, 0.2) is 0 Å². The molecule has 1 N–H and O–H groups in total. The highest BCUT2D eigenvalue weighted by Gasteiger charge is 2.31. The predicted molar refractivity (Wildman–Crippen MR) is 112 cm³/mol. The van der Waals surface area contributed by atoms with E-state index in [9.17, 15) is 8.42 Å². The van der Waals surface area contributed by atoms with E-state index in [-0.39, 0.29) is 0 Å². The van der Waals surface area contributed by atoms with Crippen molar-refractivity contribution >= 4 is 16.0 Å². The van der Waals surface area contributed by atoms with E-state index in [4.69, 9.17) is 0 Å². The lowest BCUT2D eigenvalue weighted by Crippen LogP contribution is -2.47. The first-order valence-corrected chi connectivity index (χ1v) is 12.2. The number of anilines is 1. The SMILES string of the molecule is CCN(CC)S(=O)(=O)N1CCC(Cc2cc(NC3CCCC3)nc(C)n2)CC1. The molecule has 1 aromatic rings. The Balaban J connectivity index is 1.58. The molecule has 7 nitrogen and oxygen atoms in total. The third-order valence-electron chi connectivity index (χ3n) is 6.03. The molecule has 0 bridgehead atoms. The fraction of sp³-hybridized carbons (Fsp3) is 0.800. The van der Waals surface area contributed by atoms with E-state index >= 15 is 0 Å². The fourth-order valence-electron chi connectivity index (χ4n) is 4.44. The molecule has 0 amide bonds. The summed E-state index contributed by atoms with van der Waals surface area (Å²) in [4.78, 5) is 9.19. The zero-order chi connectivity index (χ0) is 20.1. The summed E-state index contributed by atoms with van der Waals surface area (Å²) < 4.78 is 28.6. The summed E-state index contributed by atoms with van der Waals surface area (Å²) in [6, 6.07) is 2.63. The second kappa shape index (κ2) is 9.50. The molecule has 2 heterocycles. The second-order valence-corrected chi connectivity index (χ2v) is 9.98. The number of rotatable bonds is 8. The van der Waals surface area contributed by atoms with Gasteiger partial charge in [-0.05, 0) is 44.9 Å². The zero-order valence-electron chi connectivity index (χ0n) is 17.5. The average molecular weight is 410 g/mol. The van der Waals surface area contributed by atoms with Gasteiger partial charge in [-0.3, -0.25) is 0 Å². The van der Waals surface area contributed by atoms with Crippen molar-refractivity contribution in [3.8, 4) is 0 Å². The van der Waals surface area contributed by atoms with Gasteiger partial charge in [0, 0.05) is 44.0 Å². The Kier molecular flexibility index (Phi) is 7.28. The van der Waals surface area contributed by atoms with Gasteiger partial charge in [-0.1, -0.05) is 26.7 Å². The van der Waals surface area contributed by atoms with Gasteiger partial charge < -0.3 is 5.32 Å². The molecule has 1 saturated carbocycles. The molecule has 158 valence electrons. The van der Waals surface area contributed by atoms with Gasteiger partial charge in [-0.2, -0.15) is 17.0 Å². The van der Waals surface area contributed by atoms with Crippen LogP contribution < -0.4 is 5.32 Å². The van der Waals surface area contributed by atoms with Crippen molar-refractivity contribution in [1.29, 1.82) is 0 Å². The number of piperidine rings is 1. The Morgan fingerprint density at radius 1 is 1.11 bits per heavy atom. The Morgan fingerprint density at radius 3 is 2.36 bits per heavy atom. The molecule has 0 aromatic carbocycles. The van der Waals surface area contributed by atoms with Gasteiger partial charge in [0.25, 0.3) is 10.2 Å². The van der Waals surface area contributed by atoms with Crippen molar-refractivity contribution in [1.82, 2.24) is 18.6 Å². The number of hydrogen-bond donors (Lipinski definition) is 1. The van der Waals surface area contributed by atoms with Gasteiger partial charge >= 0.3 is 0 Å². The van der Waals surface area contributed by atoms with E-state index in [1.165, 1.54) is 25.7 Å². The highest BCUT2D eigenvalue weighted by atomic mass is 32.2. The minimum atomic E-state index is -3.32. The van der Waals surface area contributed by atoms with Crippen LogP contribution in [-0.2, 0) is 16.6 Å². The predicted octanol–water partition coefficient (Wildman–Crippen LogP) is 2.98. The average Bonchev–Trinajstić information content (AvgIpc) is 3.15. The van der Waals surface area contributed by atoms with Gasteiger partial charge in [0.2, 0.25) is 0 Å². The molecule has 0 radical (unpaired) electrons. The van der Waals surface area contributed by atoms with Gasteiger partial charge in [-0.25, -0.2) is 9.97 Å². The van der Waals surface area contributed by atoms with Crippen molar-refractivity contribution < 1.29 is 8.42 Å². The molecular weight excluding hydrogens is 374 g/mol. The van der Waals surface area contributed by atoms with Crippen molar-refractivity contribution in [2.24, 2.45) is 5.92 Å².